The maximum absolute atomic E-state index is 9.51. The molecular formula is C11H24O4. The molecule has 0 aromatic carbocycles. The second kappa shape index (κ2) is 10.4. The van der Waals surface area contributed by atoms with Crippen LogP contribution in [0.2, 0.25) is 0 Å². The van der Waals surface area contributed by atoms with Gasteiger partial charge in [0.05, 0.1) is 13.2 Å². The Morgan fingerprint density at radius 1 is 1.07 bits per heavy atom. The van der Waals surface area contributed by atoms with Gasteiger partial charge in [0.2, 0.25) is 0 Å². The van der Waals surface area contributed by atoms with Gasteiger partial charge in [0, 0.05) is 13.2 Å². The van der Waals surface area contributed by atoms with Crippen LogP contribution in [0, 0.1) is 0 Å². The van der Waals surface area contributed by atoms with Gasteiger partial charge in [-0.3, -0.25) is 0 Å². The van der Waals surface area contributed by atoms with Crippen molar-refractivity contribution in [1.29, 1.82) is 0 Å². The van der Waals surface area contributed by atoms with Crippen LogP contribution < -0.4 is 0 Å². The summed E-state index contributed by atoms with van der Waals surface area (Å²) in [6, 6.07) is 0. The van der Waals surface area contributed by atoms with Crippen LogP contribution in [0.25, 0.3) is 0 Å². The molecule has 0 aliphatic rings. The van der Waals surface area contributed by atoms with Gasteiger partial charge in [-0.15, -0.1) is 0 Å². The fourth-order valence-electron chi connectivity index (χ4n) is 1.00. The highest BCUT2D eigenvalue weighted by Crippen LogP contribution is 2.02. The molecule has 4 heteroatoms. The molecule has 4 nitrogen and oxygen atoms in total. The molecule has 0 aromatic rings. The second-order valence-corrected chi connectivity index (χ2v) is 3.39. The molecule has 0 aliphatic heterocycles. The van der Waals surface area contributed by atoms with E-state index in [0.29, 0.717) is 26.4 Å². The lowest BCUT2D eigenvalue weighted by Gasteiger charge is -2.19. The van der Waals surface area contributed by atoms with Crippen LogP contribution in [0.1, 0.15) is 33.6 Å². The monoisotopic (exact) mass is 220 g/mol. The van der Waals surface area contributed by atoms with E-state index in [1.165, 1.54) is 0 Å². The van der Waals surface area contributed by atoms with Crippen molar-refractivity contribution in [2.75, 3.05) is 26.4 Å². The molecule has 0 aliphatic carbocycles. The average Bonchev–Trinajstić information content (AvgIpc) is 2.24. The van der Waals surface area contributed by atoms with E-state index < -0.39 is 6.29 Å². The fourth-order valence-corrected chi connectivity index (χ4v) is 1.00. The largest absolute Gasteiger partial charge is 0.379 e. The molecule has 0 aromatic heterocycles. The number of unbranched alkanes of at least 4 members (excludes halogenated alkanes) is 1. The molecule has 2 atom stereocenters. The van der Waals surface area contributed by atoms with E-state index in [1.54, 1.807) is 6.92 Å². The van der Waals surface area contributed by atoms with Gasteiger partial charge in [0.15, 0.2) is 6.29 Å². The van der Waals surface area contributed by atoms with Crippen LogP contribution >= 0.6 is 0 Å². The third-order valence-electron chi connectivity index (χ3n) is 2.00. The summed E-state index contributed by atoms with van der Waals surface area (Å²) in [6.45, 7) is 8.08. The number of ether oxygens (including phenoxy) is 3. The minimum absolute atomic E-state index is 0.279. The molecule has 0 heterocycles. The SMILES string of the molecule is CCCCOC(C)C(O)OCCOCC. The van der Waals surface area contributed by atoms with E-state index >= 15 is 0 Å². The summed E-state index contributed by atoms with van der Waals surface area (Å²) < 4.78 is 15.6. The predicted molar refractivity (Wildman–Crippen MR) is 58.8 cm³/mol. The van der Waals surface area contributed by atoms with Gasteiger partial charge in [-0.1, -0.05) is 13.3 Å². The highest BCUT2D eigenvalue weighted by atomic mass is 16.6. The standard InChI is InChI=1S/C11H24O4/c1-4-6-7-14-10(3)11(12)15-9-8-13-5-2/h10-12H,4-9H2,1-3H3. The molecule has 1 N–H and O–H groups in total. The first-order chi connectivity index (χ1) is 7.22. The van der Waals surface area contributed by atoms with Gasteiger partial charge in [-0.2, -0.15) is 0 Å². The first kappa shape index (κ1) is 14.8. The van der Waals surface area contributed by atoms with Crippen LogP contribution in [0.3, 0.4) is 0 Å². The normalized spacial score (nSPS) is 15.2. The van der Waals surface area contributed by atoms with Crippen molar-refractivity contribution in [2.45, 2.75) is 46.0 Å². The molecule has 0 amide bonds. The van der Waals surface area contributed by atoms with Crippen LogP contribution in [0.4, 0.5) is 0 Å². The van der Waals surface area contributed by atoms with Crippen molar-refractivity contribution in [1.82, 2.24) is 0 Å². The molecule has 0 fully saturated rings. The lowest BCUT2D eigenvalue weighted by Crippen LogP contribution is -2.30. The Labute approximate surface area is 92.5 Å². The molecule has 0 saturated carbocycles. The highest BCUT2D eigenvalue weighted by molar-refractivity contribution is 4.53. The van der Waals surface area contributed by atoms with Gasteiger partial charge >= 0.3 is 0 Å². The smallest absolute Gasteiger partial charge is 0.180 e. The van der Waals surface area contributed by atoms with Crippen LogP contribution in [0.5, 0.6) is 0 Å². The number of aliphatic hydroxyl groups is 1. The number of aliphatic hydroxyl groups excluding tert-OH is 1. The van der Waals surface area contributed by atoms with E-state index in [-0.39, 0.29) is 6.10 Å². The van der Waals surface area contributed by atoms with Crippen molar-refractivity contribution in [3.8, 4) is 0 Å². The first-order valence-corrected chi connectivity index (χ1v) is 5.71. The Kier molecular flexibility index (Phi) is 10.3. The topological polar surface area (TPSA) is 47.9 Å². The van der Waals surface area contributed by atoms with Crippen molar-refractivity contribution in [3.63, 3.8) is 0 Å². The summed E-state index contributed by atoms with van der Waals surface area (Å²) in [6.07, 6.45) is 0.963. The van der Waals surface area contributed by atoms with Gasteiger partial charge in [-0.05, 0) is 20.3 Å². The number of hydrogen-bond donors (Lipinski definition) is 1. The lowest BCUT2D eigenvalue weighted by atomic mass is 10.3. The molecule has 0 saturated heterocycles. The van der Waals surface area contributed by atoms with E-state index in [0.717, 1.165) is 12.8 Å². The number of hydrogen-bond acceptors (Lipinski definition) is 4. The zero-order chi connectivity index (χ0) is 11.5. The summed E-state index contributed by atoms with van der Waals surface area (Å²) in [4.78, 5) is 0. The minimum Gasteiger partial charge on any atom is -0.379 e. The Hall–Kier alpha value is -0.160. The first-order valence-electron chi connectivity index (χ1n) is 5.71. The van der Waals surface area contributed by atoms with Gasteiger partial charge in [0.1, 0.15) is 6.10 Å². The van der Waals surface area contributed by atoms with Crippen molar-refractivity contribution in [2.24, 2.45) is 0 Å². The van der Waals surface area contributed by atoms with Gasteiger partial charge in [-0.25, -0.2) is 0 Å². The molecule has 0 bridgehead atoms. The second-order valence-electron chi connectivity index (χ2n) is 3.39. The van der Waals surface area contributed by atoms with Crippen LogP contribution in [-0.4, -0.2) is 43.9 Å². The van der Waals surface area contributed by atoms with E-state index in [2.05, 4.69) is 6.92 Å². The third kappa shape index (κ3) is 8.81. The predicted octanol–water partition coefficient (Wildman–Crippen LogP) is 1.56. The van der Waals surface area contributed by atoms with Crippen LogP contribution in [0.15, 0.2) is 0 Å². The zero-order valence-corrected chi connectivity index (χ0v) is 10.1. The molecule has 0 rings (SSSR count). The summed E-state index contributed by atoms with van der Waals surface area (Å²) >= 11 is 0. The highest BCUT2D eigenvalue weighted by Gasteiger charge is 2.14. The molecule has 15 heavy (non-hydrogen) atoms. The molecule has 0 radical (unpaired) electrons. The Bertz CT molecular complexity index is 130. The van der Waals surface area contributed by atoms with Crippen molar-refractivity contribution < 1.29 is 19.3 Å². The van der Waals surface area contributed by atoms with Crippen molar-refractivity contribution >= 4 is 0 Å². The van der Waals surface area contributed by atoms with E-state index in [1.807, 2.05) is 6.92 Å². The third-order valence-corrected chi connectivity index (χ3v) is 2.00. The fraction of sp³-hybridized carbons (Fsp3) is 1.00. The van der Waals surface area contributed by atoms with Gasteiger partial charge in [0.25, 0.3) is 0 Å². The van der Waals surface area contributed by atoms with Crippen LogP contribution in [-0.2, 0) is 14.2 Å². The summed E-state index contributed by atoms with van der Waals surface area (Å²) in [5, 5.41) is 9.51. The van der Waals surface area contributed by atoms with Crippen molar-refractivity contribution in [3.05, 3.63) is 0 Å². The summed E-state index contributed by atoms with van der Waals surface area (Å²) in [7, 11) is 0. The molecule has 2 unspecified atom stereocenters. The molecular weight excluding hydrogens is 196 g/mol. The Morgan fingerprint density at radius 3 is 2.40 bits per heavy atom. The van der Waals surface area contributed by atoms with E-state index in [9.17, 15) is 5.11 Å². The quantitative estimate of drug-likeness (QED) is 0.448. The molecule has 0 spiro atoms. The molecule has 92 valence electrons. The maximum atomic E-state index is 9.51. The average molecular weight is 220 g/mol. The lowest BCUT2D eigenvalue weighted by molar-refractivity contribution is -0.178. The summed E-state index contributed by atoms with van der Waals surface area (Å²) in [5.41, 5.74) is 0. The zero-order valence-electron chi connectivity index (χ0n) is 10.1. The summed E-state index contributed by atoms with van der Waals surface area (Å²) in [5.74, 6) is 0. The van der Waals surface area contributed by atoms with Gasteiger partial charge < -0.3 is 19.3 Å². The minimum atomic E-state index is -0.859. The Morgan fingerprint density at radius 2 is 1.80 bits per heavy atom. The maximum Gasteiger partial charge on any atom is 0.180 e. The Balaban J connectivity index is 3.38. The number of rotatable bonds is 10. The van der Waals surface area contributed by atoms with E-state index in [4.69, 9.17) is 14.2 Å².